The quantitative estimate of drug-likeness (QED) is 0.547. The zero-order chi connectivity index (χ0) is 14.0. The Morgan fingerprint density at radius 1 is 0.833 bits per heavy atom. The molecule has 0 radical (unpaired) electrons. The lowest BCUT2D eigenvalue weighted by Crippen LogP contribution is -2.26. The maximum Gasteiger partial charge on any atom is 0.00381 e. The van der Waals surface area contributed by atoms with Crippen LogP contribution in [-0.2, 0) is 0 Å². The van der Waals surface area contributed by atoms with Crippen LogP contribution < -0.4 is 0 Å². The molecular formula is C18H32. The summed E-state index contributed by atoms with van der Waals surface area (Å²) < 4.78 is 0. The van der Waals surface area contributed by atoms with Crippen LogP contribution in [0, 0.1) is 29.6 Å². The number of hydrogen-bond acceptors (Lipinski definition) is 0. The summed E-state index contributed by atoms with van der Waals surface area (Å²) in [5, 5.41) is 0. The van der Waals surface area contributed by atoms with Gasteiger partial charge in [-0.3, -0.25) is 0 Å². The van der Waals surface area contributed by atoms with Gasteiger partial charge in [0.1, 0.15) is 0 Å². The third-order valence-electron chi connectivity index (χ3n) is 4.27. The summed E-state index contributed by atoms with van der Waals surface area (Å²) in [6, 6.07) is 0. The van der Waals surface area contributed by atoms with Gasteiger partial charge in [-0.25, -0.2) is 0 Å². The van der Waals surface area contributed by atoms with Crippen molar-refractivity contribution in [1.29, 1.82) is 0 Å². The van der Waals surface area contributed by atoms with E-state index in [0.717, 1.165) is 0 Å². The molecule has 0 aromatic heterocycles. The molecule has 0 N–H and O–H groups in total. The largest absolute Gasteiger partial charge is 0.0804 e. The number of hydrogen-bond donors (Lipinski definition) is 0. The van der Waals surface area contributed by atoms with Crippen molar-refractivity contribution in [1.82, 2.24) is 0 Å². The Bertz CT molecular complexity index is 337. The van der Waals surface area contributed by atoms with Crippen molar-refractivity contribution < 1.29 is 0 Å². The SMILES string of the molecule is CC(C)C1=CCC(C(C)C)=C(C(C)C)C1C(C)C. The zero-order valence-electron chi connectivity index (χ0n) is 13.7. The van der Waals surface area contributed by atoms with Gasteiger partial charge in [-0.05, 0) is 30.1 Å². The molecule has 0 saturated heterocycles. The molecule has 1 aliphatic carbocycles. The van der Waals surface area contributed by atoms with E-state index in [4.69, 9.17) is 0 Å². The van der Waals surface area contributed by atoms with E-state index in [1.54, 1.807) is 16.7 Å². The van der Waals surface area contributed by atoms with Crippen LogP contribution in [0.5, 0.6) is 0 Å². The minimum absolute atomic E-state index is 0.677. The van der Waals surface area contributed by atoms with Crippen LogP contribution in [-0.4, -0.2) is 0 Å². The minimum atomic E-state index is 0.677. The number of allylic oxidation sites excluding steroid dienone is 4. The fraction of sp³-hybridized carbons (Fsp3) is 0.778. The average Bonchev–Trinajstić information content (AvgIpc) is 2.26. The molecule has 0 heterocycles. The molecule has 0 heteroatoms. The molecule has 0 aromatic carbocycles. The molecule has 1 unspecified atom stereocenters. The van der Waals surface area contributed by atoms with Gasteiger partial charge in [0.05, 0.1) is 0 Å². The fourth-order valence-corrected chi connectivity index (χ4v) is 3.49. The third kappa shape index (κ3) is 3.08. The molecule has 0 aromatic rings. The molecule has 0 bridgehead atoms. The molecule has 104 valence electrons. The molecule has 1 rings (SSSR count). The summed E-state index contributed by atoms with van der Waals surface area (Å²) >= 11 is 0. The molecular weight excluding hydrogens is 216 g/mol. The van der Waals surface area contributed by atoms with Crippen molar-refractivity contribution in [3.05, 3.63) is 22.8 Å². The van der Waals surface area contributed by atoms with Crippen molar-refractivity contribution in [2.24, 2.45) is 29.6 Å². The first-order valence-electron chi connectivity index (χ1n) is 7.70. The van der Waals surface area contributed by atoms with Gasteiger partial charge < -0.3 is 0 Å². The highest BCUT2D eigenvalue weighted by molar-refractivity contribution is 5.36. The van der Waals surface area contributed by atoms with Crippen LogP contribution >= 0.6 is 0 Å². The van der Waals surface area contributed by atoms with Crippen LogP contribution in [0.15, 0.2) is 22.8 Å². The van der Waals surface area contributed by atoms with Crippen LogP contribution in [0.3, 0.4) is 0 Å². The van der Waals surface area contributed by atoms with E-state index in [1.807, 2.05) is 0 Å². The standard InChI is InChI=1S/C18H32/c1-11(2)15-9-10-16(12(3)4)18(14(7)8)17(15)13(5)6/h9,11-14,17H,10H2,1-8H3. The normalized spacial score (nSPS) is 21.6. The summed E-state index contributed by atoms with van der Waals surface area (Å²) in [7, 11) is 0. The summed E-state index contributed by atoms with van der Waals surface area (Å²) in [5.74, 6) is 3.44. The van der Waals surface area contributed by atoms with Gasteiger partial charge >= 0.3 is 0 Å². The van der Waals surface area contributed by atoms with E-state index in [1.165, 1.54) is 6.42 Å². The van der Waals surface area contributed by atoms with E-state index in [2.05, 4.69) is 61.5 Å². The first-order valence-corrected chi connectivity index (χ1v) is 7.70. The minimum Gasteiger partial charge on any atom is -0.0804 e. The lowest BCUT2D eigenvalue weighted by molar-refractivity contribution is 0.413. The fourth-order valence-electron chi connectivity index (χ4n) is 3.49. The van der Waals surface area contributed by atoms with E-state index < -0.39 is 0 Å². The van der Waals surface area contributed by atoms with Gasteiger partial charge in [0.15, 0.2) is 0 Å². The first kappa shape index (κ1) is 15.5. The van der Waals surface area contributed by atoms with Crippen molar-refractivity contribution in [3.8, 4) is 0 Å². The van der Waals surface area contributed by atoms with E-state index in [-0.39, 0.29) is 0 Å². The second kappa shape index (κ2) is 6.08. The predicted octanol–water partition coefficient (Wildman–Crippen LogP) is 5.85. The van der Waals surface area contributed by atoms with E-state index in [0.29, 0.717) is 29.6 Å². The lowest BCUT2D eigenvalue weighted by atomic mass is 9.67. The summed E-state index contributed by atoms with van der Waals surface area (Å²) in [4.78, 5) is 0. The number of rotatable bonds is 4. The molecule has 1 atom stereocenters. The Balaban J connectivity index is 3.27. The van der Waals surface area contributed by atoms with Crippen molar-refractivity contribution in [2.45, 2.75) is 61.8 Å². The van der Waals surface area contributed by atoms with Crippen LogP contribution in [0.25, 0.3) is 0 Å². The molecule has 1 aliphatic rings. The van der Waals surface area contributed by atoms with Crippen LogP contribution in [0.1, 0.15) is 61.8 Å². The molecule has 0 aliphatic heterocycles. The summed E-state index contributed by atoms with van der Waals surface area (Å²) in [6.07, 6.45) is 3.71. The maximum absolute atomic E-state index is 2.52. The summed E-state index contributed by atoms with van der Waals surface area (Å²) in [6.45, 7) is 18.9. The van der Waals surface area contributed by atoms with Crippen molar-refractivity contribution >= 4 is 0 Å². The van der Waals surface area contributed by atoms with E-state index >= 15 is 0 Å². The van der Waals surface area contributed by atoms with Crippen molar-refractivity contribution in [3.63, 3.8) is 0 Å². The smallest absolute Gasteiger partial charge is 0.00381 e. The molecule has 0 fully saturated rings. The molecule has 0 spiro atoms. The third-order valence-corrected chi connectivity index (χ3v) is 4.27. The summed E-state index contributed by atoms with van der Waals surface area (Å²) in [5.41, 5.74) is 5.12. The van der Waals surface area contributed by atoms with Crippen LogP contribution in [0.4, 0.5) is 0 Å². The Kier molecular flexibility index (Phi) is 5.25. The molecule has 0 amide bonds. The molecule has 18 heavy (non-hydrogen) atoms. The highest BCUT2D eigenvalue weighted by atomic mass is 14.4. The second-order valence-corrected chi connectivity index (χ2v) is 7.07. The molecule has 0 saturated carbocycles. The topological polar surface area (TPSA) is 0 Å². The predicted molar refractivity (Wildman–Crippen MR) is 82.6 cm³/mol. The highest BCUT2D eigenvalue weighted by Crippen LogP contribution is 2.43. The van der Waals surface area contributed by atoms with Gasteiger partial charge in [-0.15, -0.1) is 0 Å². The highest BCUT2D eigenvalue weighted by Gasteiger charge is 2.31. The van der Waals surface area contributed by atoms with Crippen molar-refractivity contribution in [2.75, 3.05) is 0 Å². The van der Waals surface area contributed by atoms with Gasteiger partial charge in [-0.2, -0.15) is 0 Å². The van der Waals surface area contributed by atoms with E-state index in [9.17, 15) is 0 Å². The Morgan fingerprint density at radius 2 is 1.39 bits per heavy atom. The molecule has 0 nitrogen and oxygen atoms in total. The Labute approximate surface area is 115 Å². The van der Waals surface area contributed by atoms with Gasteiger partial charge in [-0.1, -0.05) is 78.2 Å². The van der Waals surface area contributed by atoms with Crippen LogP contribution in [0.2, 0.25) is 0 Å². The lowest BCUT2D eigenvalue weighted by Gasteiger charge is -2.38. The zero-order valence-corrected chi connectivity index (χ0v) is 13.7. The second-order valence-electron chi connectivity index (χ2n) is 7.07. The Morgan fingerprint density at radius 3 is 1.72 bits per heavy atom. The van der Waals surface area contributed by atoms with Gasteiger partial charge in [0, 0.05) is 5.92 Å². The monoisotopic (exact) mass is 248 g/mol. The average molecular weight is 248 g/mol. The maximum atomic E-state index is 2.52. The van der Waals surface area contributed by atoms with Gasteiger partial charge in [0.2, 0.25) is 0 Å². The Hall–Kier alpha value is -0.520. The van der Waals surface area contributed by atoms with Gasteiger partial charge in [0.25, 0.3) is 0 Å². The first-order chi connectivity index (χ1) is 8.27.